The van der Waals surface area contributed by atoms with Gasteiger partial charge in [-0.3, -0.25) is 4.79 Å². The van der Waals surface area contributed by atoms with Gasteiger partial charge in [-0.05, 0) is 70.7 Å². The van der Waals surface area contributed by atoms with Gasteiger partial charge in [-0.1, -0.05) is 56.7 Å². The molecule has 0 amide bonds. The fourth-order valence-corrected chi connectivity index (χ4v) is 5.29. The number of aliphatic hydroxyl groups excluding tert-OH is 1. The Morgan fingerprint density at radius 1 is 1.05 bits per heavy atom. The molecule has 2 N–H and O–H groups in total. The van der Waals surface area contributed by atoms with Crippen molar-refractivity contribution in [3.8, 4) is 16.9 Å². The Bertz CT molecular complexity index is 1270. The zero-order valence-corrected chi connectivity index (χ0v) is 20.9. The minimum atomic E-state index is -2.69. The lowest BCUT2D eigenvalue weighted by atomic mass is 9.75. The second kappa shape index (κ2) is 11.0. The van der Waals surface area contributed by atoms with Crippen LogP contribution in [-0.4, -0.2) is 16.2 Å². The molecule has 1 aliphatic rings. The fourth-order valence-electron chi connectivity index (χ4n) is 5.29. The minimum Gasteiger partial charge on any atom is -0.489 e. The number of carboxylic acids is 1. The molecule has 0 unspecified atom stereocenters. The Morgan fingerprint density at radius 2 is 1.84 bits per heavy atom. The van der Waals surface area contributed by atoms with Crippen LogP contribution in [0.25, 0.3) is 11.1 Å². The van der Waals surface area contributed by atoms with Gasteiger partial charge < -0.3 is 14.9 Å². The molecule has 1 fully saturated rings. The zero-order chi connectivity index (χ0) is 26.7. The highest BCUT2D eigenvalue weighted by atomic mass is 19.3. The van der Waals surface area contributed by atoms with Gasteiger partial charge in [0.25, 0.3) is 6.43 Å². The van der Waals surface area contributed by atoms with Crippen LogP contribution < -0.4 is 4.74 Å². The standard InChI is InChI=1S/C30H31F3O4/c1-30(2)12-4-7-25(30)23-13-18(8-10-22(23)24-15-20(29(32)33)9-11-26(24)31)17-37-21-6-3-5-19(14-21)27(34)16-28(35)36/h3,5-6,8-11,13-15,25,27,29,34H,4,7,12,16-17H2,1-2H3,(H,35,36)/t25-,27-/m1/s1. The summed E-state index contributed by atoms with van der Waals surface area (Å²) in [5, 5.41) is 19.0. The average molecular weight is 513 g/mol. The van der Waals surface area contributed by atoms with Crippen LogP contribution in [0.2, 0.25) is 0 Å². The average Bonchev–Trinajstić information content (AvgIpc) is 3.21. The molecule has 196 valence electrons. The third-order valence-electron chi connectivity index (χ3n) is 7.30. The topological polar surface area (TPSA) is 66.8 Å². The van der Waals surface area contributed by atoms with Crippen molar-refractivity contribution in [1.82, 2.24) is 0 Å². The Morgan fingerprint density at radius 3 is 2.51 bits per heavy atom. The van der Waals surface area contributed by atoms with E-state index in [1.54, 1.807) is 36.4 Å². The van der Waals surface area contributed by atoms with Gasteiger partial charge in [-0.2, -0.15) is 0 Å². The third kappa shape index (κ3) is 6.16. The molecule has 3 aromatic rings. The van der Waals surface area contributed by atoms with E-state index < -0.39 is 30.7 Å². The molecule has 0 aromatic heterocycles. The molecule has 1 aliphatic carbocycles. The SMILES string of the molecule is CC1(C)CCC[C@@H]1c1cc(COc2cccc([C@H](O)CC(=O)O)c2)ccc1-c1cc(C(F)F)ccc1F. The Kier molecular flexibility index (Phi) is 7.93. The van der Waals surface area contributed by atoms with E-state index in [0.717, 1.165) is 42.5 Å². The van der Waals surface area contributed by atoms with Gasteiger partial charge in [0.15, 0.2) is 0 Å². The quantitative estimate of drug-likeness (QED) is 0.307. The van der Waals surface area contributed by atoms with Gasteiger partial charge in [-0.25, -0.2) is 13.2 Å². The largest absolute Gasteiger partial charge is 0.489 e. The van der Waals surface area contributed by atoms with Crippen molar-refractivity contribution >= 4 is 5.97 Å². The predicted octanol–water partition coefficient (Wildman–Crippen LogP) is 7.81. The number of aliphatic hydroxyl groups is 1. The lowest BCUT2D eigenvalue weighted by Gasteiger charge is -2.30. The number of hydrogen-bond acceptors (Lipinski definition) is 3. The van der Waals surface area contributed by atoms with Crippen LogP contribution in [0.15, 0.2) is 60.7 Å². The molecule has 2 atom stereocenters. The number of ether oxygens (including phenoxy) is 1. The summed E-state index contributed by atoms with van der Waals surface area (Å²) in [5.41, 5.74) is 2.73. The van der Waals surface area contributed by atoms with E-state index in [1.165, 1.54) is 6.07 Å². The van der Waals surface area contributed by atoms with Gasteiger partial charge in [0.05, 0.1) is 12.5 Å². The molecule has 7 heteroatoms. The minimum absolute atomic E-state index is 0.0281. The van der Waals surface area contributed by atoms with Gasteiger partial charge >= 0.3 is 5.97 Å². The molecule has 37 heavy (non-hydrogen) atoms. The second-order valence-electron chi connectivity index (χ2n) is 10.4. The summed E-state index contributed by atoms with van der Waals surface area (Å²) in [6.45, 7) is 4.55. The molecule has 3 aromatic carbocycles. The first-order valence-electron chi connectivity index (χ1n) is 12.4. The highest BCUT2D eigenvalue weighted by molar-refractivity contribution is 5.70. The van der Waals surface area contributed by atoms with E-state index in [0.29, 0.717) is 16.9 Å². The van der Waals surface area contributed by atoms with Crippen LogP contribution in [0.4, 0.5) is 13.2 Å². The Balaban J connectivity index is 1.66. The maximum absolute atomic E-state index is 14.9. The maximum Gasteiger partial charge on any atom is 0.306 e. The monoisotopic (exact) mass is 512 g/mol. The first-order chi connectivity index (χ1) is 17.5. The molecule has 0 aliphatic heterocycles. The predicted molar refractivity (Wildman–Crippen MR) is 135 cm³/mol. The normalized spacial score (nSPS) is 17.6. The van der Waals surface area contributed by atoms with Gasteiger partial charge in [0.1, 0.15) is 18.2 Å². The van der Waals surface area contributed by atoms with Crippen molar-refractivity contribution in [3.63, 3.8) is 0 Å². The Labute approximate surface area is 214 Å². The first-order valence-corrected chi connectivity index (χ1v) is 12.4. The van der Waals surface area contributed by atoms with Crippen LogP contribution in [0.1, 0.15) is 80.2 Å². The molecule has 1 saturated carbocycles. The lowest BCUT2D eigenvalue weighted by Crippen LogP contribution is -2.17. The van der Waals surface area contributed by atoms with Crippen molar-refractivity contribution < 1.29 is 32.9 Å². The molecule has 0 saturated heterocycles. The van der Waals surface area contributed by atoms with Crippen molar-refractivity contribution in [2.75, 3.05) is 0 Å². The highest BCUT2D eigenvalue weighted by Crippen LogP contribution is 2.51. The number of benzene rings is 3. The van der Waals surface area contributed by atoms with E-state index >= 15 is 0 Å². The number of alkyl halides is 2. The molecule has 0 radical (unpaired) electrons. The number of carboxylic acid groups (broad SMARTS) is 1. The summed E-state index contributed by atoms with van der Waals surface area (Å²) in [5.74, 6) is -1.03. The third-order valence-corrected chi connectivity index (χ3v) is 7.30. The van der Waals surface area contributed by atoms with Gasteiger partial charge in [0.2, 0.25) is 0 Å². The lowest BCUT2D eigenvalue weighted by molar-refractivity contribution is -0.139. The number of carbonyl (C=O) groups is 1. The van der Waals surface area contributed by atoms with E-state index in [-0.39, 0.29) is 29.1 Å². The van der Waals surface area contributed by atoms with Gasteiger partial charge in [-0.15, -0.1) is 0 Å². The summed E-state index contributed by atoms with van der Waals surface area (Å²) in [4.78, 5) is 10.9. The van der Waals surface area contributed by atoms with Crippen LogP contribution in [0.3, 0.4) is 0 Å². The fraction of sp³-hybridized carbons (Fsp3) is 0.367. The van der Waals surface area contributed by atoms with Crippen molar-refractivity contribution in [3.05, 3.63) is 88.7 Å². The number of aliphatic carboxylic acids is 1. The summed E-state index contributed by atoms with van der Waals surface area (Å²) in [6.07, 6.45) is -1.27. The summed E-state index contributed by atoms with van der Waals surface area (Å²) >= 11 is 0. The van der Waals surface area contributed by atoms with E-state index in [2.05, 4.69) is 13.8 Å². The van der Waals surface area contributed by atoms with Crippen molar-refractivity contribution in [2.45, 2.75) is 64.6 Å². The number of halogens is 3. The molecule has 0 bridgehead atoms. The Hall–Kier alpha value is -3.32. The molecule has 0 spiro atoms. The zero-order valence-electron chi connectivity index (χ0n) is 20.9. The molecule has 0 heterocycles. The highest BCUT2D eigenvalue weighted by Gasteiger charge is 2.37. The van der Waals surface area contributed by atoms with E-state index in [1.807, 2.05) is 6.07 Å². The van der Waals surface area contributed by atoms with Crippen LogP contribution in [0, 0.1) is 11.2 Å². The van der Waals surface area contributed by atoms with Crippen LogP contribution in [0.5, 0.6) is 5.75 Å². The maximum atomic E-state index is 14.9. The van der Waals surface area contributed by atoms with Crippen LogP contribution >= 0.6 is 0 Å². The first kappa shape index (κ1) is 26.7. The molecule has 4 nitrogen and oxygen atoms in total. The smallest absolute Gasteiger partial charge is 0.306 e. The number of rotatable bonds is 9. The molecule has 4 rings (SSSR count). The molecular weight excluding hydrogens is 481 g/mol. The van der Waals surface area contributed by atoms with Crippen molar-refractivity contribution in [2.24, 2.45) is 5.41 Å². The van der Waals surface area contributed by atoms with Gasteiger partial charge in [0, 0.05) is 11.1 Å². The van der Waals surface area contributed by atoms with Crippen molar-refractivity contribution in [1.29, 1.82) is 0 Å². The van der Waals surface area contributed by atoms with E-state index in [4.69, 9.17) is 9.84 Å². The molecular formula is C30H31F3O4. The summed E-state index contributed by atoms with van der Waals surface area (Å²) < 4.78 is 47.7. The number of hydrogen-bond donors (Lipinski definition) is 2. The van der Waals surface area contributed by atoms with E-state index in [9.17, 15) is 23.1 Å². The second-order valence-corrected chi connectivity index (χ2v) is 10.4. The summed E-state index contributed by atoms with van der Waals surface area (Å²) in [6, 6.07) is 15.7. The van der Waals surface area contributed by atoms with Crippen LogP contribution in [-0.2, 0) is 11.4 Å². The summed E-state index contributed by atoms with van der Waals surface area (Å²) in [7, 11) is 0.